The lowest BCUT2D eigenvalue weighted by Gasteiger charge is -2.35. The van der Waals surface area contributed by atoms with E-state index in [1.165, 1.54) is 0 Å². The summed E-state index contributed by atoms with van der Waals surface area (Å²) < 4.78 is 10.8. The Hall–Kier alpha value is -2.39. The van der Waals surface area contributed by atoms with E-state index in [2.05, 4.69) is 36.7 Å². The molecule has 0 saturated carbocycles. The van der Waals surface area contributed by atoms with Gasteiger partial charge in [-0.2, -0.15) is 10.2 Å². The zero-order valence-electron chi connectivity index (χ0n) is 18.9. The highest BCUT2D eigenvalue weighted by Crippen LogP contribution is 2.23. The van der Waals surface area contributed by atoms with E-state index in [-0.39, 0.29) is 42.7 Å². The van der Waals surface area contributed by atoms with E-state index in [1.54, 1.807) is 0 Å². The van der Waals surface area contributed by atoms with Crippen molar-refractivity contribution >= 4 is 35.6 Å². The van der Waals surface area contributed by atoms with Crippen molar-refractivity contribution in [2.24, 2.45) is 4.99 Å². The molecule has 0 radical (unpaired) electrons. The molecule has 2 heterocycles. The number of piperidine rings is 1. The number of halogens is 1. The molecule has 174 valence electrons. The van der Waals surface area contributed by atoms with Crippen LogP contribution in [-0.2, 0) is 11.3 Å². The lowest BCUT2D eigenvalue weighted by Crippen LogP contribution is -2.51. The van der Waals surface area contributed by atoms with Gasteiger partial charge in [0.2, 0.25) is 5.89 Å². The molecular weight excluding hydrogens is 521 g/mol. The number of guanidine groups is 1. The molecular formula is C22H32IN7O2. The summed E-state index contributed by atoms with van der Waals surface area (Å²) in [5.41, 5.74) is 1.69. The Labute approximate surface area is 206 Å². The second-order valence-corrected chi connectivity index (χ2v) is 7.40. The summed E-state index contributed by atoms with van der Waals surface area (Å²) in [6.07, 6.45) is 1.87. The summed E-state index contributed by atoms with van der Waals surface area (Å²) in [6, 6.07) is 10.3. The van der Waals surface area contributed by atoms with Gasteiger partial charge in [-0.15, -0.1) is 24.0 Å². The molecule has 1 aromatic heterocycles. The van der Waals surface area contributed by atoms with Crippen LogP contribution in [-0.4, -0.2) is 48.4 Å². The number of nitrogens with one attached hydrogen (secondary N) is 2. The molecule has 2 aromatic rings. The number of aromatic nitrogens is 2. The molecule has 0 amide bonds. The molecule has 2 atom stereocenters. The van der Waals surface area contributed by atoms with E-state index in [0.717, 1.165) is 38.2 Å². The highest BCUT2D eigenvalue weighted by atomic mass is 127. The Kier molecular flexibility index (Phi) is 10.7. The second kappa shape index (κ2) is 13.2. The number of benzene rings is 1. The topological polar surface area (TPSA) is 112 Å². The number of ether oxygens (including phenoxy) is 1. The smallest absolute Gasteiger partial charge is 0.248 e. The van der Waals surface area contributed by atoms with Gasteiger partial charge in [0.15, 0.2) is 11.8 Å². The van der Waals surface area contributed by atoms with Gasteiger partial charge in [0.25, 0.3) is 0 Å². The number of aliphatic imine (C=N–C) groups is 1. The molecule has 9 nitrogen and oxygen atoms in total. The largest absolute Gasteiger partial charge is 0.371 e. The Bertz CT molecular complexity index is 912. The fourth-order valence-electron chi connectivity index (χ4n) is 3.64. The zero-order valence-corrected chi connectivity index (χ0v) is 21.2. The molecule has 1 aliphatic heterocycles. The minimum Gasteiger partial charge on any atom is -0.371 e. The molecule has 0 aliphatic carbocycles. The van der Waals surface area contributed by atoms with Gasteiger partial charge in [0.1, 0.15) is 18.7 Å². The number of nitrogens with zero attached hydrogens (tertiary/aromatic N) is 5. The third-order valence-corrected chi connectivity index (χ3v) is 5.11. The number of para-hydroxylation sites is 1. The van der Waals surface area contributed by atoms with E-state index in [0.29, 0.717) is 29.8 Å². The van der Waals surface area contributed by atoms with Crippen LogP contribution < -0.4 is 15.5 Å². The maximum atomic E-state index is 9.43. The molecule has 0 bridgehead atoms. The van der Waals surface area contributed by atoms with E-state index >= 15 is 0 Å². The molecule has 3 rings (SSSR count). The minimum atomic E-state index is -0.206. The van der Waals surface area contributed by atoms with Crippen LogP contribution in [0.4, 0.5) is 5.69 Å². The molecule has 1 aromatic carbocycles. The van der Waals surface area contributed by atoms with E-state index in [4.69, 9.17) is 9.26 Å². The summed E-state index contributed by atoms with van der Waals surface area (Å²) in [4.78, 5) is 11.3. The third kappa shape index (κ3) is 7.06. The van der Waals surface area contributed by atoms with Gasteiger partial charge < -0.3 is 24.8 Å². The first kappa shape index (κ1) is 25.9. The minimum absolute atomic E-state index is 0. The number of nitriles is 1. The van der Waals surface area contributed by atoms with Gasteiger partial charge in [-0.1, -0.05) is 17.3 Å². The van der Waals surface area contributed by atoms with E-state index in [1.807, 2.05) is 45.0 Å². The predicted octanol–water partition coefficient (Wildman–Crippen LogP) is 3.38. The Morgan fingerprint density at radius 3 is 2.97 bits per heavy atom. The summed E-state index contributed by atoms with van der Waals surface area (Å²) >= 11 is 0. The monoisotopic (exact) mass is 553 g/mol. The molecule has 10 heteroatoms. The van der Waals surface area contributed by atoms with Crippen LogP contribution in [0, 0.1) is 11.3 Å². The normalized spacial score (nSPS) is 17.2. The molecule has 2 unspecified atom stereocenters. The predicted molar refractivity (Wildman–Crippen MR) is 134 cm³/mol. The van der Waals surface area contributed by atoms with Crippen LogP contribution in [0.15, 0.2) is 33.8 Å². The second-order valence-electron chi connectivity index (χ2n) is 7.40. The number of rotatable bonds is 8. The van der Waals surface area contributed by atoms with Gasteiger partial charge in [-0.3, -0.25) is 0 Å². The Morgan fingerprint density at radius 2 is 2.22 bits per heavy atom. The molecule has 1 fully saturated rings. The van der Waals surface area contributed by atoms with Crippen molar-refractivity contribution in [1.82, 2.24) is 20.8 Å². The number of hydrogen-bond donors (Lipinski definition) is 2. The highest BCUT2D eigenvalue weighted by Gasteiger charge is 2.22. The SMILES string of the molecule is CCNC(=NCc1nc(C(C)OCC)no1)NC1CCCN(c2ccccc2C#N)C1.I. The van der Waals surface area contributed by atoms with Crippen molar-refractivity contribution in [2.45, 2.75) is 52.3 Å². The van der Waals surface area contributed by atoms with Crippen molar-refractivity contribution in [1.29, 1.82) is 5.26 Å². The van der Waals surface area contributed by atoms with Crippen LogP contribution in [0.25, 0.3) is 0 Å². The molecule has 32 heavy (non-hydrogen) atoms. The van der Waals surface area contributed by atoms with E-state index < -0.39 is 0 Å². The van der Waals surface area contributed by atoms with Gasteiger partial charge in [0, 0.05) is 32.3 Å². The lowest BCUT2D eigenvalue weighted by molar-refractivity contribution is 0.0683. The number of hydrogen-bond acceptors (Lipinski definition) is 7. The average molecular weight is 553 g/mol. The van der Waals surface area contributed by atoms with Crippen LogP contribution in [0.5, 0.6) is 0 Å². The van der Waals surface area contributed by atoms with Crippen LogP contribution >= 0.6 is 24.0 Å². The van der Waals surface area contributed by atoms with E-state index in [9.17, 15) is 5.26 Å². The maximum Gasteiger partial charge on any atom is 0.248 e. The standard InChI is InChI=1S/C22H31N7O2.HI/c1-4-24-22(25-14-20-27-21(28-31-20)16(3)30-5-2)26-18-10-8-12-29(15-18)19-11-7-6-9-17(19)13-23;/h6-7,9,11,16,18H,4-5,8,10,12,14-15H2,1-3H3,(H2,24,25,26);1H. The maximum absolute atomic E-state index is 9.43. The lowest BCUT2D eigenvalue weighted by atomic mass is 10.0. The van der Waals surface area contributed by atoms with Crippen LogP contribution in [0.1, 0.15) is 57.0 Å². The first-order valence-electron chi connectivity index (χ1n) is 10.9. The average Bonchev–Trinajstić information content (AvgIpc) is 3.27. The highest BCUT2D eigenvalue weighted by molar-refractivity contribution is 14.0. The van der Waals surface area contributed by atoms with Crippen molar-refractivity contribution in [3.05, 3.63) is 41.5 Å². The summed E-state index contributed by atoms with van der Waals surface area (Å²) in [5, 5.41) is 20.2. The quantitative estimate of drug-likeness (QED) is 0.291. The Morgan fingerprint density at radius 1 is 1.41 bits per heavy atom. The first-order valence-corrected chi connectivity index (χ1v) is 10.9. The summed E-state index contributed by atoms with van der Waals surface area (Å²) in [5.74, 6) is 1.69. The zero-order chi connectivity index (χ0) is 22.1. The fourth-order valence-corrected chi connectivity index (χ4v) is 3.64. The van der Waals surface area contributed by atoms with Crippen LogP contribution in [0.2, 0.25) is 0 Å². The molecule has 1 saturated heterocycles. The molecule has 2 N–H and O–H groups in total. The van der Waals surface area contributed by atoms with Crippen LogP contribution in [0.3, 0.4) is 0 Å². The van der Waals surface area contributed by atoms with Gasteiger partial charge >= 0.3 is 0 Å². The third-order valence-electron chi connectivity index (χ3n) is 5.11. The molecule has 1 aliphatic rings. The molecule has 0 spiro atoms. The van der Waals surface area contributed by atoms with Gasteiger partial charge in [-0.25, -0.2) is 4.99 Å². The van der Waals surface area contributed by atoms with Crippen molar-refractivity contribution in [3.8, 4) is 6.07 Å². The van der Waals surface area contributed by atoms with Crippen molar-refractivity contribution < 1.29 is 9.26 Å². The summed E-state index contributed by atoms with van der Waals surface area (Å²) in [6.45, 7) is 9.22. The van der Waals surface area contributed by atoms with Gasteiger partial charge in [0.05, 0.1) is 11.3 Å². The first-order chi connectivity index (χ1) is 15.1. The number of anilines is 1. The Balaban J connectivity index is 0.00000363. The van der Waals surface area contributed by atoms with Gasteiger partial charge in [-0.05, 0) is 45.7 Å². The van der Waals surface area contributed by atoms with Crippen molar-refractivity contribution in [2.75, 3.05) is 31.1 Å². The summed E-state index contributed by atoms with van der Waals surface area (Å²) in [7, 11) is 0. The van der Waals surface area contributed by atoms with Crippen molar-refractivity contribution in [3.63, 3.8) is 0 Å². The fraction of sp³-hybridized carbons (Fsp3) is 0.545.